The Hall–Kier alpha value is -1.40. The fourth-order valence-corrected chi connectivity index (χ4v) is 4.31. The van der Waals surface area contributed by atoms with Crippen LogP contribution in [-0.2, 0) is 9.84 Å². The lowest BCUT2D eigenvalue weighted by Gasteiger charge is -2.31. The smallest absolute Gasteiger partial charge is 0.191 e. The molecule has 2 rings (SSSR count). The first-order chi connectivity index (χ1) is 9.40. The van der Waals surface area contributed by atoms with Crippen LogP contribution in [0, 0.1) is 18.3 Å². The number of sulfone groups is 1. The van der Waals surface area contributed by atoms with Crippen LogP contribution in [-0.4, -0.2) is 38.1 Å². The van der Waals surface area contributed by atoms with Crippen LogP contribution < -0.4 is 5.73 Å². The summed E-state index contributed by atoms with van der Waals surface area (Å²) in [5.41, 5.74) is 6.28. The summed E-state index contributed by atoms with van der Waals surface area (Å²) in [6.45, 7) is 3.17. The zero-order valence-corrected chi connectivity index (χ0v) is 12.5. The van der Waals surface area contributed by atoms with Crippen molar-refractivity contribution < 1.29 is 8.42 Å². The van der Waals surface area contributed by atoms with Crippen molar-refractivity contribution in [3.05, 3.63) is 29.8 Å². The summed E-state index contributed by atoms with van der Waals surface area (Å²) >= 11 is 0. The predicted octanol–water partition coefficient (Wildman–Crippen LogP) is 1.37. The third kappa shape index (κ3) is 3.37. The van der Waals surface area contributed by atoms with E-state index in [4.69, 9.17) is 11.1 Å². The minimum absolute atomic E-state index is 0.0441. The molecule has 0 atom stereocenters. The summed E-state index contributed by atoms with van der Waals surface area (Å²) < 4.78 is 24.9. The van der Waals surface area contributed by atoms with Crippen molar-refractivity contribution in [3.8, 4) is 0 Å². The number of likely N-dealkylation sites (tertiary alicyclic amines) is 1. The van der Waals surface area contributed by atoms with E-state index in [1.54, 1.807) is 12.1 Å². The van der Waals surface area contributed by atoms with Crippen molar-refractivity contribution in [2.75, 3.05) is 19.0 Å². The van der Waals surface area contributed by atoms with Gasteiger partial charge in [0.15, 0.2) is 9.84 Å². The maximum Gasteiger partial charge on any atom is 0.191 e. The van der Waals surface area contributed by atoms with E-state index in [2.05, 4.69) is 0 Å². The van der Waals surface area contributed by atoms with Gasteiger partial charge in [-0.25, -0.2) is 8.42 Å². The molecule has 0 spiro atoms. The molecule has 1 saturated heterocycles. The zero-order valence-electron chi connectivity index (χ0n) is 11.7. The molecule has 0 aliphatic carbocycles. The number of nitrogens with two attached hydrogens (primary N) is 1. The largest absolute Gasteiger partial charge is 0.387 e. The summed E-state index contributed by atoms with van der Waals surface area (Å²) in [7, 11) is -3.29. The van der Waals surface area contributed by atoms with Gasteiger partial charge in [-0.2, -0.15) is 0 Å². The lowest BCUT2D eigenvalue weighted by atomic mass is 9.96. The molecule has 1 aromatic carbocycles. The van der Waals surface area contributed by atoms with Gasteiger partial charge in [0.1, 0.15) is 5.88 Å². The van der Waals surface area contributed by atoms with Crippen molar-refractivity contribution >= 4 is 15.7 Å². The Morgan fingerprint density at radius 1 is 1.35 bits per heavy atom. The van der Waals surface area contributed by atoms with Crippen LogP contribution in [0.25, 0.3) is 0 Å². The summed E-state index contributed by atoms with van der Waals surface area (Å²) in [5, 5.41) is 7.44. The first-order valence-corrected chi connectivity index (χ1v) is 8.40. The van der Waals surface area contributed by atoms with Gasteiger partial charge in [0.05, 0.1) is 10.7 Å². The number of hydrogen-bond donors (Lipinski definition) is 2. The number of nitrogens with zero attached hydrogens (tertiary/aromatic N) is 1. The van der Waals surface area contributed by atoms with E-state index in [1.807, 2.05) is 24.0 Å². The molecule has 1 aliphatic heterocycles. The van der Waals surface area contributed by atoms with Gasteiger partial charge in [0.2, 0.25) is 0 Å². The van der Waals surface area contributed by atoms with Gasteiger partial charge in [0, 0.05) is 5.92 Å². The summed E-state index contributed by atoms with van der Waals surface area (Å²) in [6, 6.07) is 7.07. The van der Waals surface area contributed by atoms with Gasteiger partial charge >= 0.3 is 0 Å². The molecule has 1 heterocycles. The lowest BCUT2D eigenvalue weighted by Crippen LogP contribution is -2.40. The van der Waals surface area contributed by atoms with Crippen LogP contribution in [0.5, 0.6) is 0 Å². The fourth-order valence-electron chi connectivity index (χ4n) is 2.59. The highest BCUT2D eigenvalue weighted by Gasteiger charge is 2.26. The maximum absolute atomic E-state index is 12.4. The summed E-state index contributed by atoms with van der Waals surface area (Å²) in [6.07, 6.45) is 1.53. The van der Waals surface area contributed by atoms with Crippen molar-refractivity contribution in [1.82, 2.24) is 4.90 Å². The van der Waals surface area contributed by atoms with Gasteiger partial charge in [-0.3, -0.25) is 10.3 Å². The first-order valence-electron chi connectivity index (χ1n) is 6.75. The van der Waals surface area contributed by atoms with Crippen molar-refractivity contribution in [3.63, 3.8) is 0 Å². The highest BCUT2D eigenvalue weighted by Crippen LogP contribution is 2.21. The molecule has 5 nitrogen and oxygen atoms in total. The average Bonchev–Trinajstić information content (AvgIpc) is 2.39. The van der Waals surface area contributed by atoms with Crippen LogP contribution in [0.15, 0.2) is 29.2 Å². The van der Waals surface area contributed by atoms with E-state index >= 15 is 0 Å². The second kappa shape index (κ2) is 5.93. The Morgan fingerprint density at radius 3 is 2.50 bits per heavy atom. The molecule has 0 unspecified atom stereocenters. The number of piperidine rings is 1. The second-order valence-corrected chi connectivity index (χ2v) is 7.28. The molecule has 3 N–H and O–H groups in total. The standard InChI is InChI=1S/C14H21N3O2S/c1-11-4-2-3-5-13(11)20(18,19)10-17-8-6-12(7-9-17)14(15)16/h2-5,12H,6-10H2,1H3,(H3,15,16). The van der Waals surface area contributed by atoms with Crippen LogP contribution >= 0.6 is 0 Å². The second-order valence-electron chi connectivity index (χ2n) is 5.36. The Labute approximate surface area is 120 Å². The van der Waals surface area contributed by atoms with Crippen molar-refractivity contribution in [1.29, 1.82) is 5.41 Å². The Kier molecular flexibility index (Phi) is 4.45. The number of benzene rings is 1. The molecule has 20 heavy (non-hydrogen) atoms. The van der Waals surface area contributed by atoms with E-state index in [1.165, 1.54) is 0 Å². The number of hydrogen-bond acceptors (Lipinski definition) is 4. The van der Waals surface area contributed by atoms with Gasteiger partial charge in [-0.15, -0.1) is 0 Å². The van der Waals surface area contributed by atoms with Crippen LogP contribution in [0.3, 0.4) is 0 Å². The van der Waals surface area contributed by atoms with E-state index in [0.717, 1.165) is 18.4 Å². The Morgan fingerprint density at radius 2 is 1.95 bits per heavy atom. The van der Waals surface area contributed by atoms with Crippen LogP contribution in [0.1, 0.15) is 18.4 Å². The molecule has 0 amide bonds. The normalized spacial score (nSPS) is 18.1. The summed E-state index contributed by atoms with van der Waals surface area (Å²) in [5.74, 6) is 0.362. The number of aryl methyl sites for hydroxylation is 1. The molecule has 110 valence electrons. The third-order valence-electron chi connectivity index (χ3n) is 3.81. The molecule has 0 aromatic heterocycles. The molecule has 0 bridgehead atoms. The average molecular weight is 295 g/mol. The predicted molar refractivity (Wildman–Crippen MR) is 79.4 cm³/mol. The SMILES string of the molecule is Cc1ccccc1S(=O)(=O)CN1CCC(C(=N)N)CC1. The molecular weight excluding hydrogens is 274 g/mol. The topological polar surface area (TPSA) is 87.2 Å². The van der Waals surface area contributed by atoms with E-state index in [9.17, 15) is 8.42 Å². The summed E-state index contributed by atoms with van der Waals surface area (Å²) in [4.78, 5) is 2.34. The monoisotopic (exact) mass is 295 g/mol. The molecular formula is C14H21N3O2S. The first kappa shape index (κ1) is 15.0. The third-order valence-corrected chi connectivity index (χ3v) is 5.64. The van der Waals surface area contributed by atoms with Crippen molar-refractivity contribution in [2.24, 2.45) is 11.7 Å². The van der Waals surface area contributed by atoms with E-state index in [0.29, 0.717) is 18.0 Å². The number of rotatable bonds is 4. The van der Waals surface area contributed by atoms with Crippen LogP contribution in [0.2, 0.25) is 0 Å². The highest BCUT2D eigenvalue weighted by molar-refractivity contribution is 7.91. The number of amidine groups is 1. The van der Waals surface area contributed by atoms with E-state index in [-0.39, 0.29) is 17.6 Å². The van der Waals surface area contributed by atoms with Gasteiger partial charge in [0.25, 0.3) is 0 Å². The highest BCUT2D eigenvalue weighted by atomic mass is 32.2. The molecule has 1 aliphatic rings. The van der Waals surface area contributed by atoms with Gasteiger partial charge in [-0.05, 0) is 44.5 Å². The molecule has 6 heteroatoms. The van der Waals surface area contributed by atoms with Gasteiger partial charge in [-0.1, -0.05) is 18.2 Å². The van der Waals surface area contributed by atoms with Crippen molar-refractivity contribution in [2.45, 2.75) is 24.7 Å². The molecule has 0 saturated carbocycles. The molecule has 1 fully saturated rings. The van der Waals surface area contributed by atoms with Crippen LogP contribution in [0.4, 0.5) is 0 Å². The lowest BCUT2D eigenvalue weighted by molar-refractivity contribution is 0.237. The fraction of sp³-hybridized carbons (Fsp3) is 0.500. The molecule has 0 radical (unpaired) electrons. The Balaban J connectivity index is 2.04. The number of nitrogens with one attached hydrogen (secondary N) is 1. The quantitative estimate of drug-likeness (QED) is 0.649. The van der Waals surface area contributed by atoms with E-state index < -0.39 is 9.84 Å². The minimum atomic E-state index is -3.29. The Bertz CT molecular complexity index is 590. The maximum atomic E-state index is 12.4. The van der Waals surface area contributed by atoms with Gasteiger partial charge < -0.3 is 5.73 Å². The molecule has 1 aromatic rings. The minimum Gasteiger partial charge on any atom is -0.387 e. The zero-order chi connectivity index (χ0) is 14.8.